The molecule has 1 aromatic heterocycles. The predicted octanol–water partition coefficient (Wildman–Crippen LogP) is 6.17. The molecule has 0 saturated heterocycles. The molecule has 0 aliphatic rings. The van der Waals surface area contributed by atoms with E-state index in [2.05, 4.69) is 54.0 Å². The predicted molar refractivity (Wildman–Crippen MR) is 178 cm³/mol. The van der Waals surface area contributed by atoms with E-state index in [-0.39, 0.29) is 18.0 Å². The Labute approximate surface area is 278 Å². The summed E-state index contributed by atoms with van der Waals surface area (Å²) in [7, 11) is 0.648. The normalized spacial score (nSPS) is 11.5. The number of rotatable bonds is 12. The Hall–Kier alpha value is -3.53. The summed E-state index contributed by atoms with van der Waals surface area (Å²) in [5.41, 5.74) is 2.94. The fourth-order valence-corrected chi connectivity index (χ4v) is 8.10. The van der Waals surface area contributed by atoms with Crippen molar-refractivity contribution in [2.75, 3.05) is 21.3 Å². The standard InChI is InChI=1S/C31H29BrIN5O5S/c1-41-24-10-4-21(5-11-24)18-37(19-22-6-12-25(42-2)13-7-22)44(39,40)30-27(32)16-17-28(33)29(30)31-34-35-36-38(31)20-23-8-14-26(43-3)15-9-23/h4-17H,18-20H2,1-3H3. The molecule has 0 saturated carbocycles. The topological polar surface area (TPSA) is 109 Å². The van der Waals surface area contributed by atoms with Gasteiger partial charge in [-0.25, -0.2) is 13.1 Å². The zero-order valence-electron chi connectivity index (χ0n) is 24.1. The van der Waals surface area contributed by atoms with E-state index in [1.807, 2.05) is 78.9 Å². The van der Waals surface area contributed by atoms with Crippen molar-refractivity contribution in [3.05, 3.63) is 110 Å². The molecule has 44 heavy (non-hydrogen) atoms. The van der Waals surface area contributed by atoms with E-state index in [9.17, 15) is 8.42 Å². The lowest BCUT2D eigenvalue weighted by molar-refractivity contribution is 0.397. The summed E-state index contributed by atoms with van der Waals surface area (Å²) in [5.74, 6) is 2.43. The molecule has 10 nitrogen and oxygen atoms in total. The molecular weight excluding hydrogens is 761 g/mol. The van der Waals surface area contributed by atoms with Crippen molar-refractivity contribution in [3.63, 3.8) is 0 Å². The van der Waals surface area contributed by atoms with Crippen LogP contribution in [0, 0.1) is 3.57 Å². The molecule has 1 heterocycles. The molecule has 0 unspecified atom stereocenters. The number of hydrogen-bond donors (Lipinski definition) is 0. The molecule has 13 heteroatoms. The Morgan fingerprint density at radius 2 is 1.23 bits per heavy atom. The van der Waals surface area contributed by atoms with Gasteiger partial charge in [0.15, 0.2) is 5.82 Å². The summed E-state index contributed by atoms with van der Waals surface area (Å²) < 4.78 is 49.6. The summed E-state index contributed by atoms with van der Waals surface area (Å²) in [6.07, 6.45) is 0. The minimum Gasteiger partial charge on any atom is -0.497 e. The van der Waals surface area contributed by atoms with Crippen LogP contribution in [-0.2, 0) is 29.7 Å². The van der Waals surface area contributed by atoms with E-state index < -0.39 is 10.0 Å². The van der Waals surface area contributed by atoms with E-state index in [4.69, 9.17) is 14.2 Å². The lowest BCUT2D eigenvalue weighted by Gasteiger charge is -2.25. The molecule has 0 amide bonds. The van der Waals surface area contributed by atoms with Gasteiger partial charge in [-0.3, -0.25) is 0 Å². The van der Waals surface area contributed by atoms with Crippen molar-refractivity contribution in [2.24, 2.45) is 0 Å². The van der Waals surface area contributed by atoms with Crippen LogP contribution in [0.3, 0.4) is 0 Å². The third kappa shape index (κ3) is 7.06. The van der Waals surface area contributed by atoms with Gasteiger partial charge in [-0.1, -0.05) is 36.4 Å². The molecular formula is C31H29BrIN5O5S. The van der Waals surface area contributed by atoms with Crippen LogP contribution in [0.25, 0.3) is 11.4 Å². The lowest BCUT2D eigenvalue weighted by Crippen LogP contribution is -2.31. The lowest BCUT2D eigenvalue weighted by atomic mass is 10.2. The molecule has 0 spiro atoms. The number of sulfonamides is 1. The van der Waals surface area contributed by atoms with Crippen LogP contribution >= 0.6 is 38.5 Å². The Morgan fingerprint density at radius 1 is 0.750 bits per heavy atom. The van der Waals surface area contributed by atoms with E-state index in [1.165, 1.54) is 4.31 Å². The SMILES string of the molecule is COc1ccc(CN(Cc2ccc(OC)cc2)S(=O)(=O)c2c(Br)ccc(I)c2-c2nnnn2Cc2ccc(OC)cc2)cc1. The number of hydrogen-bond acceptors (Lipinski definition) is 8. The second-order valence-corrected chi connectivity index (χ2v) is 13.6. The van der Waals surface area contributed by atoms with Gasteiger partial charge in [0.25, 0.3) is 0 Å². The molecule has 0 bridgehead atoms. The van der Waals surface area contributed by atoms with Gasteiger partial charge in [0.05, 0.1) is 33.4 Å². The highest BCUT2D eigenvalue weighted by Gasteiger charge is 2.33. The quantitative estimate of drug-likeness (QED) is 0.138. The van der Waals surface area contributed by atoms with Crippen LogP contribution in [0.5, 0.6) is 17.2 Å². The minimum atomic E-state index is -4.14. The molecule has 228 valence electrons. The maximum absolute atomic E-state index is 14.8. The second-order valence-electron chi connectivity index (χ2n) is 9.71. The second kappa shape index (κ2) is 14.1. The summed E-state index contributed by atoms with van der Waals surface area (Å²) in [6, 6.07) is 25.8. The smallest absolute Gasteiger partial charge is 0.245 e. The first-order valence-corrected chi connectivity index (χ1v) is 16.7. The van der Waals surface area contributed by atoms with Crippen LogP contribution in [0.15, 0.2) is 94.3 Å². The summed E-state index contributed by atoms with van der Waals surface area (Å²) in [4.78, 5) is 0.0807. The first-order chi connectivity index (χ1) is 21.2. The summed E-state index contributed by atoms with van der Waals surface area (Å²) in [6.45, 7) is 0.564. The zero-order chi connectivity index (χ0) is 31.3. The van der Waals surface area contributed by atoms with Crippen LogP contribution < -0.4 is 14.2 Å². The van der Waals surface area contributed by atoms with Gasteiger partial charge < -0.3 is 14.2 Å². The van der Waals surface area contributed by atoms with Gasteiger partial charge in [0.1, 0.15) is 22.1 Å². The molecule has 4 aromatic carbocycles. The van der Waals surface area contributed by atoms with Crippen molar-refractivity contribution in [2.45, 2.75) is 24.5 Å². The van der Waals surface area contributed by atoms with E-state index in [1.54, 1.807) is 32.1 Å². The average molecular weight is 790 g/mol. The minimum absolute atomic E-state index is 0.0807. The number of methoxy groups -OCH3 is 3. The maximum atomic E-state index is 14.8. The molecule has 5 rings (SSSR count). The third-order valence-corrected chi connectivity index (χ3v) is 10.6. The van der Waals surface area contributed by atoms with Crippen molar-refractivity contribution >= 4 is 48.5 Å². The highest BCUT2D eigenvalue weighted by Crippen LogP contribution is 2.38. The van der Waals surface area contributed by atoms with Crippen LogP contribution in [0.2, 0.25) is 0 Å². The Balaban J connectivity index is 1.59. The van der Waals surface area contributed by atoms with Gasteiger partial charge in [0.2, 0.25) is 10.0 Å². The van der Waals surface area contributed by atoms with Crippen LogP contribution in [0.1, 0.15) is 16.7 Å². The van der Waals surface area contributed by atoms with E-state index in [0.29, 0.717) is 37.5 Å². The van der Waals surface area contributed by atoms with Gasteiger partial charge in [-0.2, -0.15) is 4.31 Å². The molecule has 5 aromatic rings. The molecule has 0 atom stereocenters. The van der Waals surface area contributed by atoms with E-state index >= 15 is 0 Å². The Bertz CT molecular complexity index is 1780. The molecule has 0 fully saturated rings. The number of benzene rings is 4. The van der Waals surface area contributed by atoms with Crippen LogP contribution in [0.4, 0.5) is 0 Å². The largest absolute Gasteiger partial charge is 0.497 e. The fourth-order valence-electron chi connectivity index (χ4n) is 4.61. The highest BCUT2D eigenvalue weighted by molar-refractivity contribution is 14.1. The van der Waals surface area contributed by atoms with Crippen molar-refractivity contribution in [1.29, 1.82) is 0 Å². The van der Waals surface area contributed by atoms with E-state index in [0.717, 1.165) is 22.4 Å². The average Bonchev–Trinajstić information content (AvgIpc) is 3.50. The van der Waals surface area contributed by atoms with Gasteiger partial charge in [-0.15, -0.1) is 5.10 Å². The van der Waals surface area contributed by atoms with Gasteiger partial charge >= 0.3 is 0 Å². The Morgan fingerprint density at radius 3 is 1.70 bits per heavy atom. The third-order valence-electron chi connectivity index (χ3n) is 6.94. The van der Waals surface area contributed by atoms with Crippen molar-refractivity contribution in [3.8, 4) is 28.6 Å². The highest BCUT2D eigenvalue weighted by atomic mass is 127. The van der Waals surface area contributed by atoms with Gasteiger partial charge in [0, 0.05) is 21.1 Å². The maximum Gasteiger partial charge on any atom is 0.245 e. The number of ether oxygens (including phenoxy) is 3. The number of halogens is 2. The Kier molecular flexibility index (Phi) is 10.2. The monoisotopic (exact) mass is 789 g/mol. The number of tetrazole rings is 1. The van der Waals surface area contributed by atoms with Crippen molar-refractivity contribution < 1.29 is 22.6 Å². The first-order valence-electron chi connectivity index (χ1n) is 13.4. The number of aromatic nitrogens is 4. The molecule has 0 aliphatic heterocycles. The first kappa shape index (κ1) is 31.9. The molecule has 0 radical (unpaired) electrons. The molecule has 0 N–H and O–H groups in total. The van der Waals surface area contributed by atoms with Crippen molar-refractivity contribution in [1.82, 2.24) is 24.5 Å². The number of nitrogens with zero attached hydrogens (tertiary/aromatic N) is 5. The fraction of sp³-hybridized carbons (Fsp3) is 0.194. The van der Waals surface area contributed by atoms with Gasteiger partial charge in [-0.05, 0) is 114 Å². The van der Waals surface area contributed by atoms with Crippen LogP contribution in [-0.4, -0.2) is 54.3 Å². The zero-order valence-corrected chi connectivity index (χ0v) is 28.7. The summed E-state index contributed by atoms with van der Waals surface area (Å²) in [5, 5.41) is 12.4. The summed E-state index contributed by atoms with van der Waals surface area (Å²) >= 11 is 5.68. The molecule has 0 aliphatic carbocycles.